The van der Waals surface area contributed by atoms with Crippen LogP contribution in [-0.4, -0.2) is 52.1 Å². The van der Waals surface area contributed by atoms with Crippen LogP contribution in [0.25, 0.3) is 0 Å². The molecule has 3 aliphatic heterocycles. The van der Waals surface area contributed by atoms with Crippen molar-refractivity contribution < 1.29 is 14.4 Å². The van der Waals surface area contributed by atoms with Crippen LogP contribution in [0.2, 0.25) is 0 Å². The molecule has 0 aliphatic carbocycles. The average molecular weight is 636 g/mol. The Morgan fingerprint density at radius 2 is 1.53 bits per heavy atom. The maximum absolute atomic E-state index is 13.6. The van der Waals surface area contributed by atoms with E-state index >= 15 is 0 Å². The number of anilines is 1. The van der Waals surface area contributed by atoms with Crippen LogP contribution in [0.1, 0.15) is 23.6 Å². The topological polar surface area (TPSA) is 98.0 Å². The number of hydrogen-bond donors (Lipinski definition) is 0. The van der Waals surface area contributed by atoms with Crippen molar-refractivity contribution in [2.75, 3.05) is 11.4 Å². The fraction of sp³-hybridized carbons (Fsp3) is 0.185. The fourth-order valence-corrected chi connectivity index (χ4v) is 5.43. The molecule has 3 heterocycles. The molecule has 6 rings (SSSR count). The lowest BCUT2D eigenvalue weighted by atomic mass is 9.98. The number of carbonyl (C=O) groups excluding carboxylic acids is 3. The molecule has 0 aromatic heterocycles. The van der Waals surface area contributed by atoms with Gasteiger partial charge in [-0.3, -0.25) is 19.4 Å². The zero-order valence-corrected chi connectivity index (χ0v) is 23.0. The van der Waals surface area contributed by atoms with Gasteiger partial charge in [-0.1, -0.05) is 79.5 Å². The Morgan fingerprint density at radius 1 is 0.868 bits per heavy atom. The van der Waals surface area contributed by atoms with E-state index in [4.69, 9.17) is 5.10 Å². The summed E-state index contributed by atoms with van der Waals surface area (Å²) in [5, 5.41) is 15.6. The quantitative estimate of drug-likeness (QED) is 0.373. The first-order valence-electron chi connectivity index (χ1n) is 11.9. The highest BCUT2D eigenvalue weighted by Gasteiger charge is 2.55. The smallest absolute Gasteiger partial charge is 0.264 e. The Balaban J connectivity index is 1.25. The van der Waals surface area contributed by atoms with Gasteiger partial charge in [0.25, 0.3) is 17.7 Å². The van der Waals surface area contributed by atoms with Crippen molar-refractivity contribution in [1.82, 2.24) is 10.0 Å². The lowest BCUT2D eigenvalue weighted by Gasteiger charge is -2.25. The third kappa shape index (κ3) is 4.35. The first kappa shape index (κ1) is 24.6. The maximum Gasteiger partial charge on any atom is 0.264 e. The second-order valence-electron chi connectivity index (χ2n) is 9.10. The fourth-order valence-electron chi connectivity index (χ4n) is 4.90. The van der Waals surface area contributed by atoms with Gasteiger partial charge in [-0.05, 0) is 47.5 Å². The Kier molecular flexibility index (Phi) is 6.40. The normalized spacial score (nSPS) is 22.3. The van der Waals surface area contributed by atoms with Crippen molar-refractivity contribution in [1.29, 1.82) is 0 Å². The third-order valence-corrected chi connectivity index (χ3v) is 7.83. The SMILES string of the molecule is O=C1[C@@H]2N=NN(CC(=O)N3N=C(c4ccc(Br)cc4)C[C@@H]3c3ccccc3)[C@H]2C(=O)N1c1ccc(Br)cc1. The third-order valence-electron chi connectivity index (χ3n) is 6.77. The first-order chi connectivity index (χ1) is 18.4. The maximum atomic E-state index is 13.6. The molecule has 0 unspecified atom stereocenters. The zero-order valence-electron chi connectivity index (χ0n) is 19.8. The molecular weight excluding hydrogens is 616 g/mol. The molecule has 3 amide bonds. The van der Waals surface area contributed by atoms with Gasteiger partial charge >= 0.3 is 0 Å². The van der Waals surface area contributed by atoms with E-state index in [1.54, 1.807) is 24.3 Å². The Bertz CT molecular complexity index is 1480. The summed E-state index contributed by atoms with van der Waals surface area (Å²) in [6, 6.07) is 22.1. The van der Waals surface area contributed by atoms with Crippen LogP contribution in [0.4, 0.5) is 5.69 Å². The van der Waals surface area contributed by atoms with Crippen molar-refractivity contribution in [3.8, 4) is 0 Å². The van der Waals surface area contributed by atoms with Gasteiger partial charge in [0.2, 0.25) is 0 Å². The molecule has 38 heavy (non-hydrogen) atoms. The summed E-state index contributed by atoms with van der Waals surface area (Å²) in [6.45, 7) is -0.238. The summed E-state index contributed by atoms with van der Waals surface area (Å²) < 4.78 is 1.78. The van der Waals surface area contributed by atoms with Crippen molar-refractivity contribution >= 4 is 61.0 Å². The van der Waals surface area contributed by atoms with E-state index in [9.17, 15) is 14.4 Å². The molecule has 1 saturated heterocycles. The van der Waals surface area contributed by atoms with Crippen molar-refractivity contribution in [2.24, 2.45) is 15.4 Å². The molecule has 0 radical (unpaired) electrons. The summed E-state index contributed by atoms with van der Waals surface area (Å²) in [7, 11) is 0. The van der Waals surface area contributed by atoms with Crippen LogP contribution in [0, 0.1) is 0 Å². The molecule has 0 bridgehead atoms. The minimum absolute atomic E-state index is 0.238. The predicted molar refractivity (Wildman–Crippen MR) is 147 cm³/mol. The van der Waals surface area contributed by atoms with Crippen LogP contribution in [-0.2, 0) is 14.4 Å². The molecule has 3 aliphatic rings. The number of benzene rings is 3. The van der Waals surface area contributed by atoms with Gasteiger partial charge in [0.1, 0.15) is 6.54 Å². The van der Waals surface area contributed by atoms with E-state index in [1.807, 2.05) is 54.6 Å². The van der Waals surface area contributed by atoms with Gasteiger partial charge < -0.3 is 0 Å². The van der Waals surface area contributed by atoms with E-state index < -0.39 is 23.9 Å². The Labute approximate surface area is 235 Å². The van der Waals surface area contributed by atoms with Gasteiger partial charge in [0, 0.05) is 15.4 Å². The molecule has 0 spiro atoms. The number of hydrazone groups is 1. The molecule has 190 valence electrons. The molecule has 11 heteroatoms. The summed E-state index contributed by atoms with van der Waals surface area (Å²) >= 11 is 6.81. The lowest BCUT2D eigenvalue weighted by Crippen LogP contribution is -2.44. The minimum atomic E-state index is -0.982. The van der Waals surface area contributed by atoms with Gasteiger partial charge in [-0.25, -0.2) is 9.91 Å². The first-order valence-corrected chi connectivity index (χ1v) is 13.5. The number of hydrogen-bond acceptors (Lipinski definition) is 7. The van der Waals surface area contributed by atoms with Gasteiger partial charge in [0.05, 0.1) is 17.4 Å². The second-order valence-corrected chi connectivity index (χ2v) is 10.9. The Morgan fingerprint density at radius 3 is 2.21 bits per heavy atom. The second kappa shape index (κ2) is 9.88. The molecular formula is C27H20Br2N6O3. The molecule has 9 nitrogen and oxygen atoms in total. The molecule has 0 N–H and O–H groups in total. The van der Waals surface area contributed by atoms with Crippen molar-refractivity contribution in [3.05, 3.63) is 98.9 Å². The largest absolute Gasteiger partial charge is 0.271 e. The lowest BCUT2D eigenvalue weighted by molar-refractivity contribution is -0.135. The summed E-state index contributed by atoms with van der Waals surface area (Å²) in [4.78, 5) is 41.1. The van der Waals surface area contributed by atoms with E-state index in [0.717, 1.165) is 30.7 Å². The van der Waals surface area contributed by atoms with E-state index in [2.05, 4.69) is 42.2 Å². The van der Waals surface area contributed by atoms with Gasteiger partial charge in [0.15, 0.2) is 12.1 Å². The molecule has 0 saturated carbocycles. The van der Waals surface area contributed by atoms with Crippen molar-refractivity contribution in [2.45, 2.75) is 24.5 Å². The number of imide groups is 1. The number of carbonyl (C=O) groups is 3. The van der Waals surface area contributed by atoms with E-state index in [-0.39, 0.29) is 18.5 Å². The van der Waals surface area contributed by atoms with Gasteiger partial charge in [-0.2, -0.15) is 10.2 Å². The highest BCUT2D eigenvalue weighted by Crippen LogP contribution is 2.35. The number of rotatable bonds is 5. The highest BCUT2D eigenvalue weighted by molar-refractivity contribution is 9.10. The van der Waals surface area contributed by atoms with Gasteiger partial charge in [-0.15, -0.1) is 0 Å². The number of fused-ring (bicyclic) bond motifs is 1. The Hall–Kier alpha value is -3.70. The monoisotopic (exact) mass is 634 g/mol. The summed E-state index contributed by atoms with van der Waals surface area (Å²) in [5.74, 6) is -1.26. The van der Waals surface area contributed by atoms with E-state index in [1.165, 1.54) is 10.0 Å². The van der Waals surface area contributed by atoms with Crippen LogP contribution < -0.4 is 4.90 Å². The summed E-state index contributed by atoms with van der Waals surface area (Å²) in [5.41, 5.74) is 3.11. The number of halogens is 2. The number of amides is 3. The highest BCUT2D eigenvalue weighted by atomic mass is 79.9. The predicted octanol–water partition coefficient (Wildman–Crippen LogP) is 4.88. The zero-order chi connectivity index (χ0) is 26.4. The standard InChI is InChI=1S/C27H20Br2N6O3/c28-18-8-6-16(7-9-18)21-14-22(17-4-2-1-3-5-17)35(31-21)23(36)15-33-25-24(30-32-33)26(37)34(27(25)38)20-12-10-19(29)11-13-20/h1-13,22,24-25H,14-15H2/t22-,24-,25-/m1/s1. The minimum Gasteiger partial charge on any atom is -0.271 e. The average Bonchev–Trinajstić information content (AvgIpc) is 3.61. The molecule has 3 atom stereocenters. The molecule has 3 aromatic carbocycles. The van der Waals surface area contributed by atoms with E-state index in [0.29, 0.717) is 12.1 Å². The number of nitrogens with zero attached hydrogens (tertiary/aromatic N) is 6. The van der Waals surface area contributed by atoms with Crippen LogP contribution in [0.15, 0.2) is 103 Å². The van der Waals surface area contributed by atoms with Crippen LogP contribution >= 0.6 is 31.9 Å². The molecule has 3 aromatic rings. The summed E-state index contributed by atoms with van der Waals surface area (Å²) in [6.07, 6.45) is 0.541. The van der Waals surface area contributed by atoms with Crippen LogP contribution in [0.5, 0.6) is 0 Å². The van der Waals surface area contributed by atoms with Crippen molar-refractivity contribution in [3.63, 3.8) is 0 Å². The van der Waals surface area contributed by atoms with Crippen LogP contribution in [0.3, 0.4) is 0 Å². The molecule has 1 fully saturated rings.